The number of nitrogens with two attached hydrogens (primary N) is 1. The molecular weight excluding hydrogens is 264 g/mol. The Hall–Kier alpha value is -1.27. The van der Waals surface area contributed by atoms with Gasteiger partial charge in [-0.05, 0) is 37.3 Å². The highest BCUT2D eigenvalue weighted by Crippen LogP contribution is 2.27. The largest absolute Gasteiger partial charge is 0.395 e. The third-order valence-electron chi connectivity index (χ3n) is 3.60. The lowest BCUT2D eigenvalue weighted by atomic mass is 9.94. The number of anilines is 1. The summed E-state index contributed by atoms with van der Waals surface area (Å²) in [4.78, 5) is 5.99. The normalized spacial score (nSPS) is 14.4. The van der Waals surface area contributed by atoms with E-state index >= 15 is 0 Å². The molecule has 0 spiro atoms. The van der Waals surface area contributed by atoms with Crippen LogP contribution in [0.15, 0.2) is 6.07 Å². The minimum absolute atomic E-state index is 0.142. The van der Waals surface area contributed by atoms with Gasteiger partial charge < -0.3 is 15.7 Å². The highest BCUT2D eigenvalue weighted by molar-refractivity contribution is 5.50. The van der Waals surface area contributed by atoms with Gasteiger partial charge in [-0.1, -0.05) is 0 Å². The Bertz CT molecular complexity index is 454. The number of hydrogen-bond donors (Lipinski definition) is 2. The average Bonchev–Trinajstić information content (AvgIpc) is 2.45. The highest BCUT2D eigenvalue weighted by atomic mass is 19.3. The van der Waals surface area contributed by atoms with Crippen LogP contribution in [0, 0.1) is 0 Å². The van der Waals surface area contributed by atoms with Crippen molar-refractivity contribution in [3.8, 4) is 0 Å². The average molecular weight is 285 g/mol. The van der Waals surface area contributed by atoms with Crippen LogP contribution in [-0.2, 0) is 19.4 Å². The molecule has 0 bridgehead atoms. The third-order valence-corrected chi connectivity index (χ3v) is 3.60. The number of aryl methyl sites for hydroxylation is 2. The standard InChI is InChI=1S/C14H21F2N3O/c15-13(16)9-19(5-6-20)14-11(8-17)7-10-3-1-2-4-12(10)18-14/h7,13,20H,1-6,8-9,17H2. The first-order valence-electron chi connectivity index (χ1n) is 7.01. The number of aliphatic hydroxyl groups is 1. The Labute approximate surface area is 117 Å². The van der Waals surface area contributed by atoms with Crippen molar-refractivity contribution in [3.63, 3.8) is 0 Å². The predicted molar refractivity (Wildman–Crippen MR) is 74.1 cm³/mol. The number of aliphatic hydroxyl groups excluding tert-OH is 1. The molecule has 1 aromatic rings. The van der Waals surface area contributed by atoms with E-state index in [2.05, 4.69) is 4.98 Å². The number of rotatable bonds is 6. The van der Waals surface area contributed by atoms with Crippen molar-refractivity contribution < 1.29 is 13.9 Å². The van der Waals surface area contributed by atoms with Crippen LogP contribution >= 0.6 is 0 Å². The first kappa shape index (κ1) is 15.1. The molecule has 0 saturated heterocycles. The topological polar surface area (TPSA) is 62.4 Å². The summed E-state index contributed by atoms with van der Waals surface area (Å²) in [6.45, 7) is -0.210. The van der Waals surface area contributed by atoms with Gasteiger partial charge in [0.25, 0.3) is 6.43 Å². The second-order valence-corrected chi connectivity index (χ2v) is 5.05. The maximum atomic E-state index is 12.7. The molecular formula is C14H21F2N3O. The summed E-state index contributed by atoms with van der Waals surface area (Å²) < 4.78 is 25.4. The van der Waals surface area contributed by atoms with Gasteiger partial charge in [-0.3, -0.25) is 0 Å². The molecule has 0 aromatic carbocycles. The molecule has 6 heteroatoms. The first-order chi connectivity index (χ1) is 9.65. The highest BCUT2D eigenvalue weighted by Gasteiger charge is 2.20. The van der Waals surface area contributed by atoms with Crippen molar-refractivity contribution in [2.45, 2.75) is 38.7 Å². The maximum Gasteiger partial charge on any atom is 0.255 e. The Balaban J connectivity index is 2.35. The molecule has 0 unspecified atom stereocenters. The zero-order chi connectivity index (χ0) is 14.5. The van der Waals surface area contributed by atoms with Crippen molar-refractivity contribution >= 4 is 5.82 Å². The number of hydrogen-bond acceptors (Lipinski definition) is 4. The van der Waals surface area contributed by atoms with Crippen LogP contribution in [-0.4, -0.2) is 36.2 Å². The van der Waals surface area contributed by atoms with Crippen LogP contribution in [0.5, 0.6) is 0 Å². The quantitative estimate of drug-likeness (QED) is 0.831. The van der Waals surface area contributed by atoms with Crippen LogP contribution in [0.4, 0.5) is 14.6 Å². The second-order valence-electron chi connectivity index (χ2n) is 5.05. The number of nitrogens with zero attached hydrogens (tertiary/aromatic N) is 2. The lowest BCUT2D eigenvalue weighted by Gasteiger charge is -2.27. The number of alkyl halides is 2. The zero-order valence-electron chi connectivity index (χ0n) is 11.5. The minimum atomic E-state index is -2.47. The fraction of sp³-hybridized carbons (Fsp3) is 0.643. The van der Waals surface area contributed by atoms with Gasteiger partial charge in [0, 0.05) is 24.3 Å². The van der Waals surface area contributed by atoms with Crippen molar-refractivity contribution in [1.82, 2.24) is 4.98 Å². The van der Waals surface area contributed by atoms with Gasteiger partial charge in [-0.2, -0.15) is 0 Å². The smallest absolute Gasteiger partial charge is 0.255 e. The molecule has 0 atom stereocenters. The fourth-order valence-corrected chi connectivity index (χ4v) is 2.67. The van der Waals surface area contributed by atoms with Gasteiger partial charge in [-0.25, -0.2) is 13.8 Å². The van der Waals surface area contributed by atoms with E-state index in [4.69, 9.17) is 10.8 Å². The summed E-state index contributed by atoms with van der Waals surface area (Å²) in [5, 5.41) is 9.07. The van der Waals surface area contributed by atoms with Crippen molar-refractivity contribution in [2.75, 3.05) is 24.6 Å². The summed E-state index contributed by atoms with van der Waals surface area (Å²) in [6.07, 6.45) is 1.61. The van der Waals surface area contributed by atoms with Gasteiger partial charge in [0.15, 0.2) is 0 Å². The summed E-state index contributed by atoms with van der Waals surface area (Å²) in [7, 11) is 0. The Morgan fingerprint density at radius 2 is 2.10 bits per heavy atom. The molecule has 2 rings (SSSR count). The Morgan fingerprint density at radius 3 is 2.75 bits per heavy atom. The molecule has 20 heavy (non-hydrogen) atoms. The Kier molecular flexibility index (Phi) is 5.25. The lowest BCUT2D eigenvalue weighted by molar-refractivity contribution is 0.152. The monoisotopic (exact) mass is 285 g/mol. The number of fused-ring (bicyclic) bond motifs is 1. The predicted octanol–water partition coefficient (Wildman–Crippen LogP) is 1.48. The Morgan fingerprint density at radius 1 is 1.35 bits per heavy atom. The molecule has 0 amide bonds. The van der Waals surface area contributed by atoms with Gasteiger partial charge >= 0.3 is 0 Å². The van der Waals surface area contributed by atoms with E-state index in [0.29, 0.717) is 5.82 Å². The molecule has 0 fully saturated rings. The van der Waals surface area contributed by atoms with E-state index in [0.717, 1.165) is 36.9 Å². The van der Waals surface area contributed by atoms with E-state index in [1.165, 1.54) is 10.5 Å². The van der Waals surface area contributed by atoms with Crippen LogP contribution in [0.3, 0.4) is 0 Å². The van der Waals surface area contributed by atoms with Crippen LogP contribution < -0.4 is 10.6 Å². The van der Waals surface area contributed by atoms with Crippen LogP contribution in [0.1, 0.15) is 29.7 Å². The lowest BCUT2D eigenvalue weighted by Crippen LogP contribution is -2.34. The third kappa shape index (κ3) is 3.43. The van der Waals surface area contributed by atoms with Gasteiger partial charge in [0.05, 0.1) is 13.2 Å². The number of halogens is 2. The molecule has 3 N–H and O–H groups in total. The van der Waals surface area contributed by atoms with E-state index in [-0.39, 0.29) is 19.7 Å². The van der Waals surface area contributed by atoms with Gasteiger partial charge in [-0.15, -0.1) is 0 Å². The summed E-state index contributed by atoms with van der Waals surface area (Å²) in [6, 6.07) is 1.99. The number of pyridine rings is 1. The van der Waals surface area contributed by atoms with E-state index in [1.54, 1.807) is 0 Å². The number of aromatic nitrogens is 1. The molecule has 1 heterocycles. The molecule has 1 aliphatic rings. The van der Waals surface area contributed by atoms with Gasteiger partial charge in [0.2, 0.25) is 0 Å². The van der Waals surface area contributed by atoms with Crippen molar-refractivity contribution in [1.29, 1.82) is 0 Å². The van der Waals surface area contributed by atoms with E-state index < -0.39 is 13.0 Å². The van der Waals surface area contributed by atoms with Crippen LogP contribution in [0.2, 0.25) is 0 Å². The minimum Gasteiger partial charge on any atom is -0.395 e. The van der Waals surface area contributed by atoms with Crippen molar-refractivity contribution in [3.05, 3.63) is 22.9 Å². The maximum absolute atomic E-state index is 12.7. The molecule has 1 aliphatic carbocycles. The van der Waals surface area contributed by atoms with E-state index in [9.17, 15) is 8.78 Å². The van der Waals surface area contributed by atoms with E-state index in [1.807, 2.05) is 6.07 Å². The van der Waals surface area contributed by atoms with Gasteiger partial charge in [0.1, 0.15) is 5.82 Å². The SMILES string of the molecule is NCc1cc2c(nc1N(CCO)CC(F)F)CCCC2. The summed E-state index contributed by atoms with van der Waals surface area (Å²) in [5.74, 6) is 0.502. The fourth-order valence-electron chi connectivity index (χ4n) is 2.67. The summed E-state index contributed by atoms with van der Waals surface area (Å²) in [5.41, 5.74) is 8.68. The van der Waals surface area contributed by atoms with Crippen LogP contribution in [0.25, 0.3) is 0 Å². The first-order valence-corrected chi connectivity index (χ1v) is 7.01. The molecule has 0 radical (unpaired) electrons. The molecule has 112 valence electrons. The summed E-state index contributed by atoms with van der Waals surface area (Å²) >= 11 is 0. The van der Waals surface area contributed by atoms with Crippen molar-refractivity contribution in [2.24, 2.45) is 5.73 Å². The zero-order valence-corrected chi connectivity index (χ0v) is 11.5. The molecule has 0 aliphatic heterocycles. The molecule has 4 nitrogen and oxygen atoms in total. The second kappa shape index (κ2) is 6.95. The molecule has 1 aromatic heterocycles. The molecule has 0 saturated carbocycles.